The van der Waals surface area contributed by atoms with Crippen molar-refractivity contribution in [1.82, 2.24) is 15.5 Å². The Balaban J connectivity index is 1.58. The van der Waals surface area contributed by atoms with Gasteiger partial charge in [-0.1, -0.05) is 18.2 Å². The molecule has 0 unspecified atom stereocenters. The number of nitrogens with one attached hydrogen (secondary N) is 2. The van der Waals surface area contributed by atoms with Crippen LogP contribution in [-0.4, -0.2) is 56.2 Å². The standard InChI is InChI=1S/C15H23N3O2/c1-13-11-18(9-7-16-13)12-15(19)17-8-10-20-14-5-3-2-4-6-14/h2-6,13,16H,7-12H2,1H3,(H,17,19)/t13-/m0/s1. The average molecular weight is 277 g/mol. The van der Waals surface area contributed by atoms with Crippen LogP contribution in [0.2, 0.25) is 0 Å². The van der Waals surface area contributed by atoms with Crippen molar-refractivity contribution in [1.29, 1.82) is 0 Å². The third-order valence-electron chi connectivity index (χ3n) is 3.26. The summed E-state index contributed by atoms with van der Waals surface area (Å²) in [6.45, 7) is 6.44. The second-order valence-corrected chi connectivity index (χ2v) is 5.10. The van der Waals surface area contributed by atoms with Gasteiger partial charge in [0.1, 0.15) is 12.4 Å². The lowest BCUT2D eigenvalue weighted by Crippen LogP contribution is -2.52. The minimum Gasteiger partial charge on any atom is -0.492 e. The minimum atomic E-state index is 0.0655. The Morgan fingerprint density at radius 1 is 1.45 bits per heavy atom. The summed E-state index contributed by atoms with van der Waals surface area (Å²) in [4.78, 5) is 14.0. The van der Waals surface area contributed by atoms with Crippen LogP contribution < -0.4 is 15.4 Å². The number of carbonyl (C=O) groups is 1. The molecular formula is C15H23N3O2. The van der Waals surface area contributed by atoms with Crippen LogP contribution in [0.5, 0.6) is 5.75 Å². The molecule has 1 fully saturated rings. The van der Waals surface area contributed by atoms with Crippen LogP contribution >= 0.6 is 0 Å². The van der Waals surface area contributed by atoms with Crippen LogP contribution in [0.1, 0.15) is 6.92 Å². The van der Waals surface area contributed by atoms with Crippen molar-refractivity contribution in [3.05, 3.63) is 30.3 Å². The number of ether oxygens (including phenoxy) is 1. The van der Waals surface area contributed by atoms with Gasteiger partial charge < -0.3 is 15.4 Å². The molecule has 0 saturated carbocycles. The maximum Gasteiger partial charge on any atom is 0.234 e. The van der Waals surface area contributed by atoms with Crippen LogP contribution in [-0.2, 0) is 4.79 Å². The number of nitrogens with zero attached hydrogens (tertiary/aromatic N) is 1. The van der Waals surface area contributed by atoms with Gasteiger partial charge in [0.2, 0.25) is 5.91 Å². The van der Waals surface area contributed by atoms with Crippen LogP contribution in [0.4, 0.5) is 0 Å². The highest BCUT2D eigenvalue weighted by Gasteiger charge is 2.17. The lowest BCUT2D eigenvalue weighted by molar-refractivity contribution is -0.122. The number of piperazine rings is 1. The highest BCUT2D eigenvalue weighted by Crippen LogP contribution is 2.07. The van der Waals surface area contributed by atoms with Gasteiger partial charge in [-0.05, 0) is 19.1 Å². The number of carbonyl (C=O) groups excluding carboxylic acids is 1. The zero-order valence-electron chi connectivity index (χ0n) is 12.0. The maximum atomic E-state index is 11.8. The van der Waals surface area contributed by atoms with Gasteiger partial charge in [-0.25, -0.2) is 0 Å². The molecule has 1 aliphatic heterocycles. The molecule has 0 radical (unpaired) electrons. The molecule has 5 nitrogen and oxygen atoms in total. The van der Waals surface area contributed by atoms with E-state index in [0.717, 1.165) is 25.4 Å². The Hall–Kier alpha value is -1.59. The summed E-state index contributed by atoms with van der Waals surface area (Å²) in [7, 11) is 0. The molecule has 1 aromatic carbocycles. The van der Waals surface area contributed by atoms with E-state index in [1.54, 1.807) is 0 Å². The first kappa shape index (κ1) is 14.8. The Kier molecular flexibility index (Phi) is 5.83. The smallest absolute Gasteiger partial charge is 0.234 e. The second kappa shape index (κ2) is 7.87. The second-order valence-electron chi connectivity index (χ2n) is 5.10. The van der Waals surface area contributed by atoms with Crippen LogP contribution in [0, 0.1) is 0 Å². The molecule has 0 aliphatic carbocycles. The van der Waals surface area contributed by atoms with E-state index in [-0.39, 0.29) is 5.91 Å². The lowest BCUT2D eigenvalue weighted by Gasteiger charge is -2.31. The average Bonchev–Trinajstić information content (AvgIpc) is 2.45. The zero-order valence-corrected chi connectivity index (χ0v) is 12.0. The molecule has 1 heterocycles. The van der Waals surface area contributed by atoms with Gasteiger partial charge in [-0.3, -0.25) is 9.69 Å². The number of amides is 1. The van der Waals surface area contributed by atoms with Gasteiger partial charge in [0.05, 0.1) is 13.1 Å². The molecule has 1 saturated heterocycles. The fourth-order valence-electron chi connectivity index (χ4n) is 2.29. The molecule has 20 heavy (non-hydrogen) atoms. The molecule has 2 rings (SSSR count). The number of para-hydroxylation sites is 1. The van der Waals surface area contributed by atoms with E-state index in [4.69, 9.17) is 4.74 Å². The Morgan fingerprint density at radius 2 is 2.25 bits per heavy atom. The van der Waals surface area contributed by atoms with Crippen molar-refractivity contribution in [2.75, 3.05) is 39.3 Å². The van der Waals surface area contributed by atoms with E-state index < -0.39 is 0 Å². The van der Waals surface area contributed by atoms with Crippen molar-refractivity contribution in [3.63, 3.8) is 0 Å². The van der Waals surface area contributed by atoms with E-state index in [1.807, 2.05) is 30.3 Å². The highest BCUT2D eigenvalue weighted by molar-refractivity contribution is 5.78. The van der Waals surface area contributed by atoms with Crippen molar-refractivity contribution in [2.45, 2.75) is 13.0 Å². The zero-order chi connectivity index (χ0) is 14.2. The summed E-state index contributed by atoms with van der Waals surface area (Å²) >= 11 is 0. The molecular weight excluding hydrogens is 254 g/mol. The molecule has 5 heteroatoms. The van der Waals surface area contributed by atoms with Gasteiger partial charge in [0, 0.05) is 25.7 Å². The largest absolute Gasteiger partial charge is 0.492 e. The van der Waals surface area contributed by atoms with E-state index in [0.29, 0.717) is 25.7 Å². The number of benzene rings is 1. The Morgan fingerprint density at radius 3 is 3.00 bits per heavy atom. The van der Waals surface area contributed by atoms with Crippen LogP contribution in [0.3, 0.4) is 0 Å². The fourth-order valence-corrected chi connectivity index (χ4v) is 2.29. The van der Waals surface area contributed by atoms with Gasteiger partial charge in [-0.2, -0.15) is 0 Å². The first-order valence-corrected chi connectivity index (χ1v) is 7.14. The predicted octanol–water partition coefficient (Wildman–Crippen LogP) is 0.475. The van der Waals surface area contributed by atoms with E-state index in [2.05, 4.69) is 22.5 Å². The first-order valence-electron chi connectivity index (χ1n) is 7.14. The molecule has 1 aromatic rings. The minimum absolute atomic E-state index is 0.0655. The van der Waals surface area contributed by atoms with E-state index in [9.17, 15) is 4.79 Å². The van der Waals surface area contributed by atoms with Gasteiger partial charge in [0.25, 0.3) is 0 Å². The summed E-state index contributed by atoms with van der Waals surface area (Å²) in [5.41, 5.74) is 0. The number of hydrogen-bond donors (Lipinski definition) is 2. The monoisotopic (exact) mass is 277 g/mol. The summed E-state index contributed by atoms with van der Waals surface area (Å²) in [5.74, 6) is 0.897. The van der Waals surface area contributed by atoms with Gasteiger partial charge in [0.15, 0.2) is 0 Å². The summed E-state index contributed by atoms with van der Waals surface area (Å²) < 4.78 is 5.53. The fraction of sp³-hybridized carbons (Fsp3) is 0.533. The van der Waals surface area contributed by atoms with Gasteiger partial charge >= 0.3 is 0 Å². The van der Waals surface area contributed by atoms with Gasteiger partial charge in [-0.15, -0.1) is 0 Å². The molecule has 110 valence electrons. The third-order valence-corrected chi connectivity index (χ3v) is 3.26. The molecule has 0 aromatic heterocycles. The van der Waals surface area contributed by atoms with E-state index in [1.165, 1.54) is 0 Å². The molecule has 0 bridgehead atoms. The maximum absolute atomic E-state index is 11.8. The quantitative estimate of drug-likeness (QED) is 0.743. The van der Waals surface area contributed by atoms with Crippen LogP contribution in [0.25, 0.3) is 0 Å². The Labute approximate surface area is 120 Å². The highest BCUT2D eigenvalue weighted by atomic mass is 16.5. The number of rotatable bonds is 6. The van der Waals surface area contributed by atoms with Crippen molar-refractivity contribution >= 4 is 5.91 Å². The molecule has 2 N–H and O–H groups in total. The molecule has 1 atom stereocenters. The SMILES string of the molecule is C[C@H]1CN(CC(=O)NCCOc2ccccc2)CCN1. The van der Waals surface area contributed by atoms with Crippen molar-refractivity contribution in [3.8, 4) is 5.75 Å². The summed E-state index contributed by atoms with van der Waals surface area (Å²) in [6.07, 6.45) is 0. The van der Waals surface area contributed by atoms with E-state index >= 15 is 0 Å². The first-order chi connectivity index (χ1) is 9.74. The normalized spacial score (nSPS) is 19.6. The summed E-state index contributed by atoms with van der Waals surface area (Å²) in [6, 6.07) is 10.1. The number of hydrogen-bond acceptors (Lipinski definition) is 4. The molecule has 1 amide bonds. The lowest BCUT2D eigenvalue weighted by atomic mass is 10.2. The topological polar surface area (TPSA) is 53.6 Å². The van der Waals surface area contributed by atoms with Crippen molar-refractivity contribution < 1.29 is 9.53 Å². The van der Waals surface area contributed by atoms with Crippen molar-refractivity contribution in [2.24, 2.45) is 0 Å². The Bertz CT molecular complexity index is 411. The third kappa shape index (κ3) is 5.19. The molecule has 1 aliphatic rings. The van der Waals surface area contributed by atoms with Crippen LogP contribution in [0.15, 0.2) is 30.3 Å². The molecule has 0 spiro atoms. The summed E-state index contributed by atoms with van der Waals surface area (Å²) in [5, 5.41) is 6.25. The predicted molar refractivity (Wildman–Crippen MR) is 78.9 cm³/mol.